The number of anilines is 2. The van der Waals surface area contributed by atoms with Gasteiger partial charge in [-0.25, -0.2) is 0 Å². The number of amides is 2. The summed E-state index contributed by atoms with van der Waals surface area (Å²) in [6, 6.07) is 7.01. The number of carbonyl (C=O) groups excluding carboxylic acids is 2. The first-order valence-electron chi connectivity index (χ1n) is 5.17. The van der Waals surface area contributed by atoms with Gasteiger partial charge in [0.2, 0.25) is 11.8 Å². The molecule has 0 aliphatic rings. The molecule has 17 heavy (non-hydrogen) atoms. The van der Waals surface area contributed by atoms with Crippen LogP contribution in [-0.2, 0) is 14.3 Å². The maximum Gasteiger partial charge on any atom is 0.250 e. The Balaban J connectivity index is 2.68. The van der Waals surface area contributed by atoms with Crippen LogP contribution in [0.3, 0.4) is 0 Å². The molecule has 2 amide bonds. The van der Waals surface area contributed by atoms with E-state index in [2.05, 4.69) is 5.32 Å². The van der Waals surface area contributed by atoms with Gasteiger partial charge in [-0.15, -0.1) is 0 Å². The Hall–Kier alpha value is -1.88. The van der Waals surface area contributed by atoms with Gasteiger partial charge in [0.1, 0.15) is 6.61 Å². The third kappa shape index (κ3) is 3.88. The van der Waals surface area contributed by atoms with Gasteiger partial charge in [-0.2, -0.15) is 0 Å². The molecule has 0 aliphatic carbocycles. The van der Waals surface area contributed by atoms with Crippen LogP contribution in [0.25, 0.3) is 0 Å². The largest absolute Gasteiger partial charge is 0.375 e. The Morgan fingerprint density at radius 1 is 1.29 bits per heavy atom. The quantitative estimate of drug-likeness (QED) is 0.856. The van der Waals surface area contributed by atoms with E-state index in [4.69, 9.17) is 4.74 Å². The summed E-state index contributed by atoms with van der Waals surface area (Å²) in [5, 5.41) is 2.67. The first-order chi connectivity index (χ1) is 8.04. The molecule has 0 bridgehead atoms. The molecule has 1 rings (SSSR count). The summed E-state index contributed by atoms with van der Waals surface area (Å²) < 4.78 is 4.70. The molecule has 92 valence electrons. The highest BCUT2D eigenvalue weighted by atomic mass is 16.5. The fourth-order valence-corrected chi connectivity index (χ4v) is 1.28. The molecule has 0 saturated carbocycles. The van der Waals surface area contributed by atoms with E-state index in [9.17, 15) is 9.59 Å². The minimum Gasteiger partial charge on any atom is -0.375 e. The van der Waals surface area contributed by atoms with Crippen molar-refractivity contribution in [3.63, 3.8) is 0 Å². The number of rotatable bonds is 4. The van der Waals surface area contributed by atoms with Crippen LogP contribution in [0.2, 0.25) is 0 Å². The summed E-state index contributed by atoms with van der Waals surface area (Å²) in [4.78, 5) is 23.9. The Bertz CT molecular complexity index is 401. The number of nitrogens with one attached hydrogen (secondary N) is 1. The maximum atomic E-state index is 11.2. The Labute approximate surface area is 100 Å². The molecule has 1 aromatic carbocycles. The van der Waals surface area contributed by atoms with Gasteiger partial charge in [-0.05, 0) is 24.3 Å². The summed E-state index contributed by atoms with van der Waals surface area (Å²) in [5.41, 5.74) is 1.45. The second kappa shape index (κ2) is 6.00. The first-order valence-corrected chi connectivity index (χ1v) is 5.17. The minimum absolute atomic E-state index is 0.0229. The normalized spacial score (nSPS) is 9.82. The number of carbonyl (C=O) groups is 2. The molecule has 5 nitrogen and oxygen atoms in total. The lowest BCUT2D eigenvalue weighted by Crippen LogP contribution is -2.22. The summed E-state index contributed by atoms with van der Waals surface area (Å²) in [6.07, 6.45) is 0. The van der Waals surface area contributed by atoms with Crippen molar-refractivity contribution < 1.29 is 14.3 Å². The highest BCUT2D eigenvalue weighted by Crippen LogP contribution is 2.16. The average Bonchev–Trinajstić information content (AvgIpc) is 2.29. The summed E-state index contributed by atoms with van der Waals surface area (Å²) in [5.74, 6) is -0.249. The minimum atomic E-state index is -0.208. The standard InChI is InChI=1S/C12H16N2O3/c1-9(15)14(2)11-6-4-10(5-7-11)13-12(16)8-17-3/h4-7H,8H2,1-3H3,(H,13,16). The van der Waals surface area contributed by atoms with Crippen molar-refractivity contribution in [2.75, 3.05) is 31.0 Å². The summed E-state index contributed by atoms with van der Waals surface area (Å²) in [7, 11) is 3.16. The van der Waals surface area contributed by atoms with Crippen LogP contribution in [0.5, 0.6) is 0 Å². The number of methoxy groups -OCH3 is 1. The van der Waals surface area contributed by atoms with Gasteiger partial charge in [-0.3, -0.25) is 9.59 Å². The van der Waals surface area contributed by atoms with E-state index in [1.165, 1.54) is 18.9 Å². The molecule has 1 aromatic rings. The molecule has 0 spiro atoms. The lowest BCUT2D eigenvalue weighted by molar-refractivity contribution is -0.119. The van der Waals surface area contributed by atoms with E-state index in [-0.39, 0.29) is 18.4 Å². The molecule has 0 saturated heterocycles. The summed E-state index contributed by atoms with van der Waals surface area (Å²) >= 11 is 0. The van der Waals surface area contributed by atoms with E-state index in [1.54, 1.807) is 31.3 Å². The van der Waals surface area contributed by atoms with E-state index >= 15 is 0 Å². The highest BCUT2D eigenvalue weighted by Gasteiger charge is 2.06. The van der Waals surface area contributed by atoms with Crippen LogP contribution >= 0.6 is 0 Å². The molecule has 0 aliphatic heterocycles. The highest BCUT2D eigenvalue weighted by molar-refractivity contribution is 5.93. The maximum absolute atomic E-state index is 11.2. The zero-order chi connectivity index (χ0) is 12.8. The van der Waals surface area contributed by atoms with Gasteiger partial charge in [-0.1, -0.05) is 0 Å². The van der Waals surface area contributed by atoms with Gasteiger partial charge in [0, 0.05) is 32.5 Å². The van der Waals surface area contributed by atoms with Crippen molar-refractivity contribution >= 4 is 23.2 Å². The van der Waals surface area contributed by atoms with Crippen molar-refractivity contribution in [3.8, 4) is 0 Å². The van der Waals surface area contributed by atoms with Gasteiger partial charge >= 0.3 is 0 Å². The fraction of sp³-hybridized carbons (Fsp3) is 0.333. The molecular weight excluding hydrogens is 220 g/mol. The van der Waals surface area contributed by atoms with Crippen molar-refractivity contribution in [1.82, 2.24) is 0 Å². The lowest BCUT2D eigenvalue weighted by Gasteiger charge is -2.15. The smallest absolute Gasteiger partial charge is 0.250 e. The predicted octanol–water partition coefficient (Wildman–Crippen LogP) is 1.25. The monoisotopic (exact) mass is 236 g/mol. The molecule has 0 unspecified atom stereocenters. The number of hydrogen-bond acceptors (Lipinski definition) is 3. The molecule has 5 heteroatoms. The van der Waals surface area contributed by atoms with E-state index < -0.39 is 0 Å². The van der Waals surface area contributed by atoms with Crippen molar-refractivity contribution in [2.45, 2.75) is 6.92 Å². The predicted molar refractivity (Wildman–Crippen MR) is 66.0 cm³/mol. The molecule has 0 aromatic heterocycles. The topological polar surface area (TPSA) is 58.6 Å². The molecular formula is C12H16N2O3. The molecule has 0 radical (unpaired) electrons. The van der Waals surface area contributed by atoms with Gasteiger partial charge in [0.15, 0.2) is 0 Å². The number of nitrogens with zero attached hydrogens (tertiary/aromatic N) is 1. The Kier molecular flexibility index (Phi) is 4.66. The molecule has 0 fully saturated rings. The third-order valence-corrected chi connectivity index (χ3v) is 2.29. The molecule has 0 heterocycles. The van der Waals surface area contributed by atoms with Crippen molar-refractivity contribution in [2.24, 2.45) is 0 Å². The second-order valence-electron chi connectivity index (χ2n) is 3.61. The average molecular weight is 236 g/mol. The summed E-state index contributed by atoms with van der Waals surface area (Å²) in [6.45, 7) is 1.52. The number of benzene rings is 1. The SMILES string of the molecule is COCC(=O)Nc1ccc(N(C)C(C)=O)cc1. The van der Waals surface area contributed by atoms with Crippen LogP contribution < -0.4 is 10.2 Å². The van der Waals surface area contributed by atoms with Crippen LogP contribution in [0, 0.1) is 0 Å². The zero-order valence-corrected chi connectivity index (χ0v) is 10.2. The lowest BCUT2D eigenvalue weighted by atomic mass is 10.2. The van der Waals surface area contributed by atoms with Gasteiger partial charge in [0.25, 0.3) is 0 Å². The number of hydrogen-bond donors (Lipinski definition) is 1. The molecule has 0 atom stereocenters. The number of ether oxygens (including phenoxy) is 1. The first kappa shape index (κ1) is 13.2. The van der Waals surface area contributed by atoms with Crippen LogP contribution in [0.1, 0.15) is 6.92 Å². The van der Waals surface area contributed by atoms with E-state index in [0.717, 1.165) is 5.69 Å². The van der Waals surface area contributed by atoms with Crippen LogP contribution in [0.15, 0.2) is 24.3 Å². The fourth-order valence-electron chi connectivity index (χ4n) is 1.28. The third-order valence-electron chi connectivity index (χ3n) is 2.29. The van der Waals surface area contributed by atoms with Gasteiger partial charge in [0.05, 0.1) is 0 Å². The molecule has 1 N–H and O–H groups in total. The van der Waals surface area contributed by atoms with Crippen LogP contribution in [-0.4, -0.2) is 32.6 Å². The van der Waals surface area contributed by atoms with E-state index in [1.807, 2.05) is 0 Å². The Morgan fingerprint density at radius 3 is 2.35 bits per heavy atom. The van der Waals surface area contributed by atoms with Crippen LogP contribution in [0.4, 0.5) is 11.4 Å². The Morgan fingerprint density at radius 2 is 1.88 bits per heavy atom. The van der Waals surface area contributed by atoms with E-state index in [0.29, 0.717) is 5.69 Å². The van der Waals surface area contributed by atoms with Crippen molar-refractivity contribution in [1.29, 1.82) is 0 Å². The second-order valence-corrected chi connectivity index (χ2v) is 3.61. The zero-order valence-electron chi connectivity index (χ0n) is 10.2. The van der Waals surface area contributed by atoms with Gasteiger partial charge < -0.3 is 15.0 Å². The van der Waals surface area contributed by atoms with Crippen molar-refractivity contribution in [3.05, 3.63) is 24.3 Å².